The molecule has 1 heterocycles. The first-order chi connectivity index (χ1) is 7.43. The summed E-state index contributed by atoms with van der Waals surface area (Å²) in [6, 6.07) is 0. The van der Waals surface area contributed by atoms with Crippen LogP contribution in [-0.2, 0) is 0 Å². The van der Waals surface area contributed by atoms with E-state index in [0.717, 1.165) is 26.1 Å². The molecule has 0 aromatic carbocycles. The van der Waals surface area contributed by atoms with E-state index in [1.54, 1.807) is 0 Å². The largest absolute Gasteiger partial charge is 0.394 e. The molecule has 0 amide bonds. The molecule has 16 heavy (non-hydrogen) atoms. The number of nitrogens with zero attached hydrogens (tertiary/aromatic N) is 2. The van der Waals surface area contributed by atoms with E-state index >= 15 is 0 Å². The molecule has 0 spiro atoms. The molecular weight excluding hydrogens is 219 g/mol. The fourth-order valence-corrected chi connectivity index (χ4v) is 1.91. The first-order valence-corrected chi connectivity index (χ1v) is 5.61. The zero-order valence-corrected chi connectivity index (χ0v) is 9.63. The second-order valence-electron chi connectivity index (χ2n) is 4.43. The third-order valence-electron chi connectivity index (χ3n) is 3.04. The molecular formula is C10H20F3N3. The van der Waals surface area contributed by atoms with Crippen LogP contribution in [-0.4, -0.2) is 62.3 Å². The topological polar surface area (TPSA) is 32.5 Å². The Hall–Kier alpha value is -0.330. The van der Waals surface area contributed by atoms with Gasteiger partial charge < -0.3 is 15.5 Å². The van der Waals surface area contributed by atoms with Crippen LogP contribution in [0.3, 0.4) is 0 Å². The molecule has 0 aromatic rings. The number of halogens is 3. The average molecular weight is 239 g/mol. The predicted molar refractivity (Wildman–Crippen MR) is 57.2 cm³/mol. The molecule has 1 aliphatic heterocycles. The fraction of sp³-hybridized carbons (Fsp3) is 1.00. The van der Waals surface area contributed by atoms with Gasteiger partial charge in [-0.2, -0.15) is 13.2 Å². The van der Waals surface area contributed by atoms with Gasteiger partial charge in [-0.1, -0.05) is 0 Å². The summed E-state index contributed by atoms with van der Waals surface area (Å²) in [5.74, 6) is -1.39. The summed E-state index contributed by atoms with van der Waals surface area (Å²) in [6.07, 6.45) is -3.25. The van der Waals surface area contributed by atoms with Gasteiger partial charge in [-0.15, -0.1) is 0 Å². The van der Waals surface area contributed by atoms with Gasteiger partial charge in [0.1, 0.15) is 0 Å². The summed E-state index contributed by atoms with van der Waals surface area (Å²) >= 11 is 0. The van der Waals surface area contributed by atoms with Crippen molar-refractivity contribution in [3.05, 3.63) is 0 Å². The molecule has 2 N–H and O–H groups in total. The van der Waals surface area contributed by atoms with Crippen molar-refractivity contribution in [3.63, 3.8) is 0 Å². The second-order valence-corrected chi connectivity index (χ2v) is 4.43. The van der Waals surface area contributed by atoms with Crippen LogP contribution in [0, 0.1) is 5.92 Å². The fourth-order valence-electron chi connectivity index (χ4n) is 1.91. The highest BCUT2D eigenvalue weighted by molar-refractivity contribution is 4.75. The van der Waals surface area contributed by atoms with Gasteiger partial charge in [-0.3, -0.25) is 0 Å². The lowest BCUT2D eigenvalue weighted by atomic mass is 10.1. The highest BCUT2D eigenvalue weighted by atomic mass is 19.4. The molecule has 1 aliphatic rings. The Morgan fingerprint density at radius 2 is 1.88 bits per heavy atom. The number of likely N-dealkylation sites (N-methyl/N-ethyl adjacent to an activating group) is 1. The van der Waals surface area contributed by atoms with Crippen LogP contribution in [0.2, 0.25) is 0 Å². The van der Waals surface area contributed by atoms with Crippen molar-refractivity contribution in [2.24, 2.45) is 11.7 Å². The first-order valence-electron chi connectivity index (χ1n) is 5.61. The Morgan fingerprint density at radius 3 is 2.44 bits per heavy atom. The van der Waals surface area contributed by atoms with Crippen molar-refractivity contribution in [1.29, 1.82) is 0 Å². The molecule has 1 atom stereocenters. The number of rotatable bonds is 3. The molecule has 0 radical (unpaired) electrons. The van der Waals surface area contributed by atoms with Crippen molar-refractivity contribution in [3.8, 4) is 0 Å². The monoisotopic (exact) mass is 239 g/mol. The van der Waals surface area contributed by atoms with Gasteiger partial charge in [0.05, 0.1) is 5.92 Å². The molecule has 0 saturated carbocycles. The van der Waals surface area contributed by atoms with Crippen molar-refractivity contribution >= 4 is 0 Å². The Labute approximate surface area is 94.4 Å². The number of alkyl halides is 3. The first kappa shape index (κ1) is 13.7. The number of hydrogen-bond acceptors (Lipinski definition) is 3. The Bertz CT molecular complexity index is 208. The zero-order valence-electron chi connectivity index (χ0n) is 9.63. The minimum Gasteiger partial charge on any atom is -0.330 e. The van der Waals surface area contributed by atoms with E-state index < -0.39 is 12.1 Å². The van der Waals surface area contributed by atoms with E-state index in [0.29, 0.717) is 6.54 Å². The zero-order chi connectivity index (χ0) is 12.2. The van der Waals surface area contributed by atoms with Crippen molar-refractivity contribution in [2.45, 2.75) is 12.6 Å². The maximum absolute atomic E-state index is 12.5. The van der Waals surface area contributed by atoms with Crippen LogP contribution in [0.4, 0.5) is 13.2 Å². The van der Waals surface area contributed by atoms with Crippen LogP contribution in [0.1, 0.15) is 6.42 Å². The Morgan fingerprint density at radius 1 is 1.19 bits per heavy atom. The molecule has 0 bridgehead atoms. The van der Waals surface area contributed by atoms with Crippen LogP contribution < -0.4 is 5.73 Å². The van der Waals surface area contributed by atoms with Crippen molar-refractivity contribution < 1.29 is 13.2 Å². The average Bonchev–Trinajstić information content (AvgIpc) is 2.38. The summed E-state index contributed by atoms with van der Waals surface area (Å²) < 4.78 is 37.6. The summed E-state index contributed by atoms with van der Waals surface area (Å²) in [6.45, 7) is 2.93. The molecule has 3 nitrogen and oxygen atoms in total. The molecule has 0 aromatic heterocycles. The Kier molecular flexibility index (Phi) is 5.01. The quantitative estimate of drug-likeness (QED) is 0.789. The van der Waals surface area contributed by atoms with Gasteiger partial charge in [0.15, 0.2) is 0 Å². The smallest absolute Gasteiger partial charge is 0.330 e. The molecule has 1 fully saturated rings. The molecule has 96 valence electrons. The van der Waals surface area contributed by atoms with E-state index in [1.165, 1.54) is 0 Å². The molecule has 1 unspecified atom stereocenters. The minimum atomic E-state index is -4.17. The van der Waals surface area contributed by atoms with Gasteiger partial charge in [0.25, 0.3) is 0 Å². The molecule has 1 rings (SSSR count). The van der Waals surface area contributed by atoms with Crippen molar-refractivity contribution in [1.82, 2.24) is 9.80 Å². The van der Waals surface area contributed by atoms with E-state index in [-0.39, 0.29) is 13.1 Å². The third kappa shape index (κ3) is 4.27. The predicted octanol–water partition coefficient (Wildman–Crippen LogP) is 0.761. The molecule has 1 saturated heterocycles. The molecule has 0 aliphatic carbocycles. The number of nitrogens with two attached hydrogens (primary N) is 1. The maximum Gasteiger partial charge on any atom is 0.394 e. The SMILES string of the molecule is CN1CCCN(CC(CN)C(F)(F)F)CC1. The lowest BCUT2D eigenvalue weighted by Gasteiger charge is -2.26. The number of hydrogen-bond donors (Lipinski definition) is 1. The third-order valence-corrected chi connectivity index (χ3v) is 3.04. The summed E-state index contributed by atoms with van der Waals surface area (Å²) in [5.41, 5.74) is 5.19. The highest BCUT2D eigenvalue weighted by Gasteiger charge is 2.39. The summed E-state index contributed by atoms with van der Waals surface area (Å²) in [4.78, 5) is 4.01. The van der Waals surface area contributed by atoms with Crippen LogP contribution in [0.5, 0.6) is 0 Å². The summed E-state index contributed by atoms with van der Waals surface area (Å²) in [7, 11) is 1.99. The lowest BCUT2D eigenvalue weighted by molar-refractivity contribution is -0.176. The highest BCUT2D eigenvalue weighted by Crippen LogP contribution is 2.26. The van der Waals surface area contributed by atoms with Crippen LogP contribution >= 0.6 is 0 Å². The van der Waals surface area contributed by atoms with Crippen LogP contribution in [0.25, 0.3) is 0 Å². The lowest BCUT2D eigenvalue weighted by Crippen LogP contribution is -2.42. The van der Waals surface area contributed by atoms with Gasteiger partial charge in [0, 0.05) is 26.2 Å². The van der Waals surface area contributed by atoms with Gasteiger partial charge in [-0.05, 0) is 26.6 Å². The van der Waals surface area contributed by atoms with Crippen LogP contribution in [0.15, 0.2) is 0 Å². The van der Waals surface area contributed by atoms with Gasteiger partial charge >= 0.3 is 6.18 Å². The Balaban J connectivity index is 2.45. The standard InChI is InChI=1S/C10H20F3N3/c1-15-3-2-4-16(6-5-15)8-9(7-14)10(11,12)13/h9H,2-8,14H2,1H3. The molecule has 6 heteroatoms. The van der Waals surface area contributed by atoms with E-state index in [1.807, 2.05) is 11.9 Å². The van der Waals surface area contributed by atoms with E-state index in [9.17, 15) is 13.2 Å². The van der Waals surface area contributed by atoms with E-state index in [4.69, 9.17) is 5.73 Å². The second kappa shape index (κ2) is 5.84. The summed E-state index contributed by atoms with van der Waals surface area (Å²) in [5, 5.41) is 0. The normalized spacial score (nSPS) is 23.1. The minimum absolute atomic E-state index is 0.0356. The van der Waals surface area contributed by atoms with Gasteiger partial charge in [-0.25, -0.2) is 0 Å². The van der Waals surface area contributed by atoms with Crippen molar-refractivity contribution in [2.75, 3.05) is 46.3 Å². The maximum atomic E-state index is 12.5. The van der Waals surface area contributed by atoms with E-state index in [2.05, 4.69) is 4.90 Å². The van der Waals surface area contributed by atoms with Gasteiger partial charge in [0.2, 0.25) is 0 Å².